The second-order valence-electron chi connectivity index (χ2n) is 4.02. The molecule has 0 aliphatic carbocycles. The van der Waals surface area contributed by atoms with Crippen LogP contribution in [0.3, 0.4) is 0 Å². The molecule has 1 aromatic rings. The predicted octanol–water partition coefficient (Wildman–Crippen LogP) is 0.954. The smallest absolute Gasteiger partial charge is 0.305 e. The minimum atomic E-state index is -1.54. The number of rotatable bonds is 7. The van der Waals surface area contributed by atoms with Crippen molar-refractivity contribution in [2.24, 2.45) is 0 Å². The van der Waals surface area contributed by atoms with E-state index in [9.17, 15) is 23.7 Å². The van der Waals surface area contributed by atoms with E-state index < -0.39 is 40.3 Å². The second-order valence-corrected chi connectivity index (χ2v) is 4.02. The van der Waals surface area contributed by atoms with Crippen molar-refractivity contribution >= 4 is 11.6 Å². The van der Waals surface area contributed by atoms with Crippen molar-refractivity contribution in [3.05, 3.63) is 39.4 Å². The number of nitro benzene ring substituents is 1. The van der Waals surface area contributed by atoms with Gasteiger partial charge in [0.25, 0.3) is 5.91 Å². The SMILES string of the molecule is COCCN(CCO)C(=O)c1c(F)ccc([N+](=O)[O-])c1F. The normalized spacial score (nSPS) is 10.5. The summed E-state index contributed by atoms with van der Waals surface area (Å²) >= 11 is 0. The first-order chi connectivity index (χ1) is 9.93. The Labute approximate surface area is 118 Å². The lowest BCUT2D eigenvalue weighted by molar-refractivity contribution is -0.387. The fourth-order valence-corrected chi connectivity index (χ4v) is 1.67. The van der Waals surface area contributed by atoms with Gasteiger partial charge in [-0.15, -0.1) is 0 Å². The summed E-state index contributed by atoms with van der Waals surface area (Å²) in [4.78, 5) is 22.7. The van der Waals surface area contributed by atoms with Crippen LogP contribution in [0.2, 0.25) is 0 Å². The highest BCUT2D eigenvalue weighted by molar-refractivity contribution is 5.95. The van der Waals surface area contributed by atoms with E-state index in [4.69, 9.17) is 9.84 Å². The van der Waals surface area contributed by atoms with Crippen LogP contribution in [-0.4, -0.2) is 54.3 Å². The van der Waals surface area contributed by atoms with E-state index in [-0.39, 0.29) is 19.7 Å². The van der Waals surface area contributed by atoms with E-state index >= 15 is 0 Å². The van der Waals surface area contributed by atoms with E-state index in [2.05, 4.69) is 0 Å². The van der Waals surface area contributed by atoms with Gasteiger partial charge in [-0.3, -0.25) is 14.9 Å². The molecule has 1 aromatic carbocycles. The van der Waals surface area contributed by atoms with Crippen molar-refractivity contribution in [1.29, 1.82) is 0 Å². The molecule has 0 saturated carbocycles. The first-order valence-electron chi connectivity index (χ1n) is 5.95. The average Bonchev–Trinajstić information content (AvgIpc) is 2.42. The number of aliphatic hydroxyl groups excluding tert-OH is 1. The van der Waals surface area contributed by atoms with Gasteiger partial charge in [0.1, 0.15) is 11.4 Å². The number of hydrogen-bond acceptors (Lipinski definition) is 5. The lowest BCUT2D eigenvalue weighted by atomic mass is 10.1. The van der Waals surface area contributed by atoms with E-state index in [0.717, 1.165) is 4.90 Å². The van der Waals surface area contributed by atoms with Crippen molar-refractivity contribution in [3.8, 4) is 0 Å². The summed E-state index contributed by atoms with van der Waals surface area (Å²) in [7, 11) is 1.37. The summed E-state index contributed by atoms with van der Waals surface area (Å²) in [5.41, 5.74) is -2.01. The summed E-state index contributed by atoms with van der Waals surface area (Å²) in [5, 5.41) is 19.5. The quantitative estimate of drug-likeness (QED) is 0.598. The Morgan fingerprint density at radius 3 is 2.62 bits per heavy atom. The first-order valence-corrected chi connectivity index (χ1v) is 5.95. The summed E-state index contributed by atoms with van der Waals surface area (Å²) in [6.07, 6.45) is 0. The fraction of sp³-hybridized carbons (Fsp3) is 0.417. The molecule has 0 heterocycles. The van der Waals surface area contributed by atoms with Crippen LogP contribution in [0.1, 0.15) is 10.4 Å². The van der Waals surface area contributed by atoms with Gasteiger partial charge in [0.05, 0.1) is 18.1 Å². The van der Waals surface area contributed by atoms with E-state index in [0.29, 0.717) is 12.1 Å². The standard InChI is InChI=1S/C12H14F2N2O5/c1-21-7-5-15(4-6-17)12(18)10-8(13)2-3-9(11(10)14)16(19)20/h2-3,17H,4-7H2,1H3. The molecule has 1 rings (SSSR count). The van der Waals surface area contributed by atoms with Gasteiger partial charge in [0.15, 0.2) is 0 Å². The first kappa shape index (κ1) is 16.9. The van der Waals surface area contributed by atoms with Crippen LogP contribution in [0.4, 0.5) is 14.5 Å². The third-order valence-electron chi connectivity index (χ3n) is 2.70. The summed E-state index contributed by atoms with van der Waals surface area (Å²) in [6.45, 7) is -0.529. The number of halogens is 2. The van der Waals surface area contributed by atoms with Crippen molar-refractivity contribution in [2.75, 3.05) is 33.4 Å². The molecule has 0 atom stereocenters. The third kappa shape index (κ3) is 3.92. The highest BCUT2D eigenvalue weighted by Crippen LogP contribution is 2.24. The van der Waals surface area contributed by atoms with Gasteiger partial charge >= 0.3 is 5.69 Å². The van der Waals surface area contributed by atoms with Crippen molar-refractivity contribution in [3.63, 3.8) is 0 Å². The molecule has 21 heavy (non-hydrogen) atoms. The minimum absolute atomic E-state index is 0.0164. The Bertz CT molecular complexity index is 539. The molecular weight excluding hydrogens is 290 g/mol. The Hall–Kier alpha value is -2.13. The number of nitro groups is 1. The van der Waals surface area contributed by atoms with E-state index in [1.165, 1.54) is 7.11 Å². The van der Waals surface area contributed by atoms with Gasteiger partial charge < -0.3 is 14.7 Å². The van der Waals surface area contributed by atoms with Crippen LogP contribution in [0.25, 0.3) is 0 Å². The van der Waals surface area contributed by atoms with Gasteiger partial charge in [-0.25, -0.2) is 4.39 Å². The molecular formula is C12H14F2N2O5. The maximum absolute atomic E-state index is 13.9. The number of ether oxygens (including phenoxy) is 1. The Balaban J connectivity index is 3.20. The maximum atomic E-state index is 13.9. The number of hydrogen-bond donors (Lipinski definition) is 1. The molecule has 0 bridgehead atoms. The molecule has 1 N–H and O–H groups in total. The molecule has 0 unspecified atom stereocenters. The second kappa shape index (κ2) is 7.60. The molecule has 1 amide bonds. The topological polar surface area (TPSA) is 92.9 Å². The zero-order valence-electron chi connectivity index (χ0n) is 11.2. The highest BCUT2D eigenvalue weighted by Gasteiger charge is 2.29. The highest BCUT2D eigenvalue weighted by atomic mass is 19.1. The number of carbonyl (C=O) groups excluding carboxylic acids is 1. The van der Waals surface area contributed by atoms with Crippen molar-refractivity contribution in [1.82, 2.24) is 4.90 Å². The number of methoxy groups -OCH3 is 1. The monoisotopic (exact) mass is 304 g/mol. The van der Waals surface area contributed by atoms with Crippen LogP contribution >= 0.6 is 0 Å². The zero-order chi connectivity index (χ0) is 16.0. The van der Waals surface area contributed by atoms with E-state index in [1.54, 1.807) is 0 Å². The molecule has 0 saturated heterocycles. The molecule has 0 spiro atoms. The summed E-state index contributed by atoms with van der Waals surface area (Å²) in [5.74, 6) is -3.83. The number of benzene rings is 1. The van der Waals surface area contributed by atoms with Gasteiger partial charge in [-0.1, -0.05) is 0 Å². The molecule has 0 radical (unpaired) electrons. The number of aliphatic hydroxyl groups is 1. The number of nitrogens with zero attached hydrogens (tertiary/aromatic N) is 2. The van der Waals surface area contributed by atoms with Crippen LogP contribution < -0.4 is 0 Å². The minimum Gasteiger partial charge on any atom is -0.395 e. The van der Waals surface area contributed by atoms with Gasteiger partial charge in [-0.05, 0) is 6.07 Å². The summed E-state index contributed by atoms with van der Waals surface area (Å²) < 4.78 is 32.4. The molecule has 0 aliphatic rings. The lowest BCUT2D eigenvalue weighted by Gasteiger charge is -2.21. The number of amides is 1. The molecule has 0 fully saturated rings. The van der Waals surface area contributed by atoms with Crippen LogP contribution in [0, 0.1) is 21.7 Å². The van der Waals surface area contributed by atoms with Crippen molar-refractivity contribution < 1.29 is 28.3 Å². The number of carbonyl (C=O) groups is 1. The Morgan fingerprint density at radius 1 is 1.43 bits per heavy atom. The largest absolute Gasteiger partial charge is 0.395 e. The van der Waals surface area contributed by atoms with Gasteiger partial charge in [0.2, 0.25) is 5.82 Å². The average molecular weight is 304 g/mol. The third-order valence-corrected chi connectivity index (χ3v) is 2.70. The molecule has 116 valence electrons. The van der Waals surface area contributed by atoms with E-state index in [1.807, 2.05) is 0 Å². The van der Waals surface area contributed by atoms with Gasteiger partial charge in [0, 0.05) is 26.3 Å². The maximum Gasteiger partial charge on any atom is 0.305 e. The van der Waals surface area contributed by atoms with Crippen LogP contribution in [0.15, 0.2) is 12.1 Å². The molecule has 0 aliphatic heterocycles. The fourth-order valence-electron chi connectivity index (χ4n) is 1.67. The van der Waals surface area contributed by atoms with Crippen molar-refractivity contribution in [2.45, 2.75) is 0 Å². The molecule has 7 nitrogen and oxygen atoms in total. The van der Waals surface area contributed by atoms with Gasteiger partial charge in [-0.2, -0.15) is 4.39 Å². The summed E-state index contributed by atoms with van der Waals surface area (Å²) in [6, 6.07) is 1.30. The molecule has 9 heteroatoms. The zero-order valence-corrected chi connectivity index (χ0v) is 11.2. The van der Waals surface area contributed by atoms with Crippen LogP contribution in [-0.2, 0) is 4.74 Å². The predicted molar refractivity (Wildman–Crippen MR) is 67.9 cm³/mol. The Morgan fingerprint density at radius 2 is 2.10 bits per heavy atom. The molecule has 0 aromatic heterocycles. The van der Waals surface area contributed by atoms with Crippen LogP contribution in [0.5, 0.6) is 0 Å². The Kier molecular flexibility index (Phi) is 6.12. The lowest BCUT2D eigenvalue weighted by Crippen LogP contribution is -2.37.